The second-order valence-electron chi connectivity index (χ2n) is 3.51. The zero-order valence-corrected chi connectivity index (χ0v) is 8.73. The second-order valence-corrected chi connectivity index (χ2v) is 3.51. The summed E-state index contributed by atoms with van der Waals surface area (Å²) in [7, 11) is 1.85. The average molecular weight is 216 g/mol. The first-order valence-corrected chi connectivity index (χ1v) is 4.88. The van der Waals surface area contributed by atoms with Crippen LogP contribution in [-0.2, 0) is 14.3 Å². The summed E-state index contributed by atoms with van der Waals surface area (Å²) in [4.78, 5) is 23.7. The minimum Gasteiger partial charge on any atom is -0.481 e. The number of amides is 1. The fraction of sp³-hybridized carbons (Fsp3) is 0.778. The zero-order chi connectivity index (χ0) is 11.3. The third kappa shape index (κ3) is 3.85. The summed E-state index contributed by atoms with van der Waals surface area (Å²) in [5, 5.41) is 11.0. The standard InChI is InChI=1S/C9H16N2O4/c1-11-4-5-15-6-7(11)9(14)10-3-2-8(12)13/h7H,2-6H2,1H3,(H,10,14)(H,12,13). The molecule has 6 heteroatoms. The fourth-order valence-corrected chi connectivity index (χ4v) is 1.37. The molecule has 1 unspecified atom stereocenters. The van der Waals surface area contributed by atoms with Crippen molar-refractivity contribution in [3.8, 4) is 0 Å². The summed E-state index contributed by atoms with van der Waals surface area (Å²) < 4.78 is 5.18. The maximum atomic E-state index is 11.6. The van der Waals surface area contributed by atoms with Crippen LogP contribution in [0.5, 0.6) is 0 Å². The first kappa shape index (κ1) is 11.9. The van der Waals surface area contributed by atoms with Crippen LogP contribution < -0.4 is 5.32 Å². The summed E-state index contributed by atoms with van der Waals surface area (Å²) >= 11 is 0. The van der Waals surface area contributed by atoms with E-state index in [2.05, 4.69) is 5.32 Å². The Labute approximate surface area is 88.2 Å². The highest BCUT2D eigenvalue weighted by Crippen LogP contribution is 2.03. The minimum absolute atomic E-state index is 0.0525. The van der Waals surface area contributed by atoms with Crippen molar-refractivity contribution < 1.29 is 19.4 Å². The number of carboxylic acids is 1. The Bertz CT molecular complexity index is 244. The predicted octanol–water partition coefficient (Wildman–Crippen LogP) is -1.09. The van der Waals surface area contributed by atoms with Gasteiger partial charge in [-0.2, -0.15) is 0 Å². The van der Waals surface area contributed by atoms with Gasteiger partial charge < -0.3 is 15.2 Å². The van der Waals surface area contributed by atoms with Gasteiger partial charge in [-0.1, -0.05) is 0 Å². The van der Waals surface area contributed by atoms with Crippen molar-refractivity contribution in [1.29, 1.82) is 0 Å². The Morgan fingerprint density at radius 3 is 2.93 bits per heavy atom. The van der Waals surface area contributed by atoms with Gasteiger partial charge >= 0.3 is 5.97 Å². The first-order valence-electron chi connectivity index (χ1n) is 4.88. The van der Waals surface area contributed by atoms with Crippen LogP contribution in [0.2, 0.25) is 0 Å². The molecule has 86 valence electrons. The normalized spacial score (nSPS) is 22.3. The van der Waals surface area contributed by atoms with Crippen molar-refractivity contribution in [3.05, 3.63) is 0 Å². The highest BCUT2D eigenvalue weighted by molar-refractivity contribution is 5.82. The van der Waals surface area contributed by atoms with Crippen LogP contribution in [0.4, 0.5) is 0 Å². The quantitative estimate of drug-likeness (QED) is 0.624. The minimum atomic E-state index is -0.913. The van der Waals surface area contributed by atoms with Gasteiger partial charge in [-0.15, -0.1) is 0 Å². The van der Waals surface area contributed by atoms with Gasteiger partial charge in [0.1, 0.15) is 6.04 Å². The molecule has 6 nitrogen and oxygen atoms in total. The maximum absolute atomic E-state index is 11.6. The summed E-state index contributed by atoms with van der Waals surface area (Å²) in [6.07, 6.45) is -0.0525. The summed E-state index contributed by atoms with van der Waals surface area (Å²) in [6, 6.07) is -0.299. The number of morpholine rings is 1. The largest absolute Gasteiger partial charge is 0.481 e. The molecule has 1 aliphatic heterocycles. The lowest BCUT2D eigenvalue weighted by atomic mass is 10.2. The molecule has 0 aromatic carbocycles. The number of aliphatic carboxylic acids is 1. The van der Waals surface area contributed by atoms with Crippen LogP contribution in [-0.4, -0.2) is 61.3 Å². The summed E-state index contributed by atoms with van der Waals surface area (Å²) in [5.74, 6) is -1.08. The van der Waals surface area contributed by atoms with Crippen LogP contribution in [0, 0.1) is 0 Å². The molecular weight excluding hydrogens is 200 g/mol. The Hall–Kier alpha value is -1.14. The van der Waals surface area contributed by atoms with Gasteiger partial charge in [0.2, 0.25) is 5.91 Å². The lowest BCUT2D eigenvalue weighted by Gasteiger charge is -2.31. The Morgan fingerprint density at radius 2 is 2.33 bits per heavy atom. The number of carbonyl (C=O) groups is 2. The van der Waals surface area contributed by atoms with Gasteiger partial charge in [0.25, 0.3) is 0 Å². The van der Waals surface area contributed by atoms with E-state index in [0.717, 1.165) is 6.54 Å². The van der Waals surface area contributed by atoms with E-state index < -0.39 is 5.97 Å². The number of hydrogen-bond donors (Lipinski definition) is 2. The van der Waals surface area contributed by atoms with Crippen LogP contribution in [0.25, 0.3) is 0 Å². The van der Waals surface area contributed by atoms with Crippen molar-refractivity contribution in [2.24, 2.45) is 0 Å². The van der Waals surface area contributed by atoms with Crippen molar-refractivity contribution in [3.63, 3.8) is 0 Å². The van der Waals surface area contributed by atoms with E-state index in [-0.39, 0.29) is 24.9 Å². The van der Waals surface area contributed by atoms with E-state index in [0.29, 0.717) is 13.2 Å². The second kappa shape index (κ2) is 5.67. The highest BCUT2D eigenvalue weighted by atomic mass is 16.5. The SMILES string of the molecule is CN1CCOCC1C(=O)NCCC(=O)O. The summed E-state index contributed by atoms with van der Waals surface area (Å²) in [6.45, 7) is 1.89. The van der Waals surface area contributed by atoms with Crippen molar-refractivity contribution >= 4 is 11.9 Å². The van der Waals surface area contributed by atoms with E-state index >= 15 is 0 Å². The zero-order valence-electron chi connectivity index (χ0n) is 8.73. The van der Waals surface area contributed by atoms with Gasteiger partial charge in [-0.3, -0.25) is 14.5 Å². The molecule has 1 saturated heterocycles. The van der Waals surface area contributed by atoms with E-state index in [1.165, 1.54) is 0 Å². The molecule has 0 aromatic rings. The van der Waals surface area contributed by atoms with Crippen molar-refractivity contribution in [1.82, 2.24) is 10.2 Å². The number of nitrogens with zero attached hydrogens (tertiary/aromatic N) is 1. The van der Waals surface area contributed by atoms with Gasteiger partial charge in [-0.25, -0.2) is 0 Å². The fourth-order valence-electron chi connectivity index (χ4n) is 1.37. The summed E-state index contributed by atoms with van der Waals surface area (Å²) in [5.41, 5.74) is 0. The van der Waals surface area contributed by atoms with E-state index in [1.54, 1.807) is 0 Å². The molecule has 1 rings (SSSR count). The lowest BCUT2D eigenvalue weighted by Crippen LogP contribution is -2.52. The molecule has 1 atom stereocenters. The Morgan fingerprint density at radius 1 is 1.60 bits per heavy atom. The topological polar surface area (TPSA) is 78.9 Å². The highest BCUT2D eigenvalue weighted by Gasteiger charge is 2.26. The Kier molecular flexibility index (Phi) is 4.51. The molecule has 0 bridgehead atoms. The molecule has 0 radical (unpaired) electrons. The van der Waals surface area contributed by atoms with Crippen molar-refractivity contribution in [2.45, 2.75) is 12.5 Å². The number of carbonyl (C=O) groups excluding carboxylic acids is 1. The number of rotatable bonds is 4. The molecule has 2 N–H and O–H groups in total. The van der Waals surface area contributed by atoms with E-state index in [4.69, 9.17) is 9.84 Å². The predicted molar refractivity (Wildman–Crippen MR) is 52.5 cm³/mol. The smallest absolute Gasteiger partial charge is 0.305 e. The number of carboxylic acid groups (broad SMARTS) is 1. The van der Waals surface area contributed by atoms with Gasteiger partial charge in [0.05, 0.1) is 19.6 Å². The molecule has 0 aromatic heterocycles. The number of likely N-dealkylation sites (N-methyl/N-ethyl adjacent to an activating group) is 1. The molecular formula is C9H16N2O4. The molecule has 1 heterocycles. The van der Waals surface area contributed by atoms with E-state index in [9.17, 15) is 9.59 Å². The molecule has 0 saturated carbocycles. The molecule has 0 aliphatic carbocycles. The first-order chi connectivity index (χ1) is 7.11. The third-order valence-electron chi connectivity index (χ3n) is 2.34. The Balaban J connectivity index is 2.29. The van der Waals surface area contributed by atoms with Crippen LogP contribution in [0.15, 0.2) is 0 Å². The molecule has 1 aliphatic rings. The van der Waals surface area contributed by atoms with Crippen LogP contribution in [0.1, 0.15) is 6.42 Å². The van der Waals surface area contributed by atoms with E-state index in [1.807, 2.05) is 11.9 Å². The molecule has 1 amide bonds. The average Bonchev–Trinajstić information content (AvgIpc) is 2.17. The maximum Gasteiger partial charge on any atom is 0.305 e. The van der Waals surface area contributed by atoms with Gasteiger partial charge in [0.15, 0.2) is 0 Å². The third-order valence-corrected chi connectivity index (χ3v) is 2.34. The van der Waals surface area contributed by atoms with Crippen molar-refractivity contribution in [2.75, 3.05) is 33.4 Å². The number of ether oxygens (including phenoxy) is 1. The monoisotopic (exact) mass is 216 g/mol. The van der Waals surface area contributed by atoms with Crippen LogP contribution in [0.3, 0.4) is 0 Å². The lowest BCUT2D eigenvalue weighted by molar-refractivity contribution is -0.137. The molecule has 1 fully saturated rings. The number of hydrogen-bond acceptors (Lipinski definition) is 4. The van der Waals surface area contributed by atoms with Crippen LogP contribution >= 0.6 is 0 Å². The molecule has 0 spiro atoms. The van der Waals surface area contributed by atoms with Gasteiger partial charge in [-0.05, 0) is 7.05 Å². The molecule has 15 heavy (non-hydrogen) atoms. The van der Waals surface area contributed by atoms with Gasteiger partial charge in [0, 0.05) is 13.1 Å². The number of nitrogens with one attached hydrogen (secondary N) is 1.